The summed E-state index contributed by atoms with van der Waals surface area (Å²) >= 11 is 0. The van der Waals surface area contributed by atoms with E-state index in [2.05, 4.69) is 19.8 Å². The van der Waals surface area contributed by atoms with E-state index in [-0.39, 0.29) is 23.8 Å². The molecule has 0 amide bonds. The molecular weight excluding hydrogens is 386 g/mol. The van der Waals surface area contributed by atoms with Gasteiger partial charge in [0.1, 0.15) is 12.3 Å². The lowest BCUT2D eigenvalue weighted by atomic mass is 10.1. The highest BCUT2D eigenvalue weighted by Gasteiger charge is 2.19. The summed E-state index contributed by atoms with van der Waals surface area (Å²) in [4.78, 5) is 24.2. The zero-order valence-electron chi connectivity index (χ0n) is 15.9. The first-order valence-electron chi connectivity index (χ1n) is 8.56. The average molecular weight is 404 g/mol. The van der Waals surface area contributed by atoms with Crippen molar-refractivity contribution in [2.45, 2.75) is 27.0 Å². The predicted octanol–water partition coefficient (Wildman–Crippen LogP) is 2.96. The zero-order chi connectivity index (χ0) is 21.1. The van der Waals surface area contributed by atoms with E-state index in [4.69, 9.17) is 0 Å². The van der Waals surface area contributed by atoms with Gasteiger partial charge < -0.3 is 14.0 Å². The highest BCUT2D eigenvalue weighted by Crippen LogP contribution is 2.24. The number of nitrogens with zero attached hydrogens (tertiary/aromatic N) is 4. The minimum atomic E-state index is -2.89. The van der Waals surface area contributed by atoms with Crippen LogP contribution in [0.15, 0.2) is 36.5 Å². The van der Waals surface area contributed by atoms with E-state index in [1.165, 1.54) is 30.1 Å². The Balaban J connectivity index is 1.82. The van der Waals surface area contributed by atoms with Crippen LogP contribution in [0, 0.1) is 13.8 Å². The number of hydrogen-bond donors (Lipinski definition) is 0. The third-order valence-corrected chi connectivity index (χ3v) is 4.29. The van der Waals surface area contributed by atoms with Crippen molar-refractivity contribution >= 4 is 11.8 Å². The molecule has 3 rings (SSSR count). The third-order valence-electron chi connectivity index (χ3n) is 4.29. The van der Waals surface area contributed by atoms with Crippen LogP contribution in [0.5, 0.6) is 5.75 Å². The number of aryl methyl sites for hydroxylation is 1. The van der Waals surface area contributed by atoms with Gasteiger partial charge in [0.05, 0.1) is 13.3 Å². The SMILES string of the molecule is COC(=O)c1cn(CC(=O)c2cc(C)n(-c3ccc(OC(F)F)cc3)c2C)nn1. The number of benzene rings is 1. The number of aromatic nitrogens is 4. The maximum absolute atomic E-state index is 12.7. The molecule has 0 atom stereocenters. The molecule has 29 heavy (non-hydrogen) atoms. The molecule has 152 valence electrons. The van der Waals surface area contributed by atoms with Crippen LogP contribution < -0.4 is 4.74 Å². The van der Waals surface area contributed by atoms with Gasteiger partial charge in [0.2, 0.25) is 0 Å². The number of hydrogen-bond acceptors (Lipinski definition) is 6. The molecule has 0 radical (unpaired) electrons. The molecule has 0 fully saturated rings. The summed E-state index contributed by atoms with van der Waals surface area (Å²) < 4.78 is 36.6. The molecule has 3 aromatic rings. The van der Waals surface area contributed by atoms with Crippen molar-refractivity contribution in [3.8, 4) is 11.4 Å². The molecule has 0 aliphatic rings. The number of ketones is 1. The zero-order valence-corrected chi connectivity index (χ0v) is 15.9. The Morgan fingerprint density at radius 1 is 1.17 bits per heavy atom. The largest absolute Gasteiger partial charge is 0.464 e. The molecule has 10 heteroatoms. The summed E-state index contributed by atoms with van der Waals surface area (Å²) in [7, 11) is 1.23. The van der Waals surface area contributed by atoms with E-state index < -0.39 is 12.6 Å². The van der Waals surface area contributed by atoms with Crippen molar-refractivity contribution in [2.24, 2.45) is 0 Å². The molecule has 0 saturated carbocycles. The van der Waals surface area contributed by atoms with Crippen LogP contribution in [-0.4, -0.2) is 45.0 Å². The van der Waals surface area contributed by atoms with Crippen molar-refractivity contribution < 1.29 is 27.8 Å². The summed E-state index contributed by atoms with van der Waals surface area (Å²) in [6.45, 7) is 0.621. The maximum Gasteiger partial charge on any atom is 0.387 e. The van der Waals surface area contributed by atoms with Gasteiger partial charge in [0, 0.05) is 22.6 Å². The molecule has 0 spiro atoms. The van der Waals surface area contributed by atoms with Crippen LogP contribution in [0.25, 0.3) is 5.69 Å². The third kappa shape index (κ3) is 4.31. The van der Waals surface area contributed by atoms with Gasteiger partial charge in [-0.1, -0.05) is 5.21 Å². The number of rotatable bonds is 7. The van der Waals surface area contributed by atoms with Gasteiger partial charge >= 0.3 is 12.6 Å². The molecule has 0 aliphatic carbocycles. The first-order valence-corrected chi connectivity index (χ1v) is 8.56. The van der Waals surface area contributed by atoms with Gasteiger partial charge in [0.15, 0.2) is 11.5 Å². The molecule has 0 unspecified atom stereocenters. The fourth-order valence-corrected chi connectivity index (χ4v) is 3.03. The Kier molecular flexibility index (Phi) is 5.71. The number of alkyl halides is 2. The highest BCUT2D eigenvalue weighted by atomic mass is 19.3. The Labute approximate surface area is 164 Å². The van der Waals surface area contributed by atoms with Crippen LogP contribution in [0.4, 0.5) is 8.78 Å². The lowest BCUT2D eigenvalue weighted by Gasteiger charge is -2.11. The van der Waals surface area contributed by atoms with Crippen molar-refractivity contribution in [3.05, 3.63) is 59.2 Å². The molecular formula is C19H18F2N4O4. The lowest BCUT2D eigenvalue weighted by molar-refractivity contribution is -0.0498. The Bertz CT molecular complexity index is 1040. The second-order valence-corrected chi connectivity index (χ2v) is 6.21. The Morgan fingerprint density at radius 3 is 2.48 bits per heavy atom. The molecule has 2 heterocycles. The van der Waals surface area contributed by atoms with Crippen LogP contribution in [0.2, 0.25) is 0 Å². The van der Waals surface area contributed by atoms with Crippen molar-refractivity contribution in [2.75, 3.05) is 7.11 Å². The van der Waals surface area contributed by atoms with Gasteiger partial charge in [0.25, 0.3) is 0 Å². The van der Waals surface area contributed by atoms with Crippen LogP contribution in [0.3, 0.4) is 0 Å². The minimum Gasteiger partial charge on any atom is -0.464 e. The molecule has 0 N–H and O–H groups in total. The molecule has 1 aromatic carbocycles. The number of ether oxygens (including phenoxy) is 2. The minimum absolute atomic E-state index is 0.0110. The van der Waals surface area contributed by atoms with E-state index in [0.717, 1.165) is 5.69 Å². The van der Waals surface area contributed by atoms with Crippen LogP contribution in [-0.2, 0) is 11.3 Å². The Hall–Kier alpha value is -3.56. The van der Waals surface area contributed by atoms with Crippen molar-refractivity contribution in [3.63, 3.8) is 0 Å². The Morgan fingerprint density at radius 2 is 1.86 bits per heavy atom. The number of carbonyl (C=O) groups is 2. The average Bonchev–Trinajstić information content (AvgIpc) is 3.26. The first kappa shape index (κ1) is 20.2. The van der Waals surface area contributed by atoms with Crippen LogP contribution >= 0.6 is 0 Å². The van der Waals surface area contributed by atoms with Gasteiger partial charge in [-0.25, -0.2) is 9.48 Å². The lowest BCUT2D eigenvalue weighted by Crippen LogP contribution is -2.12. The smallest absolute Gasteiger partial charge is 0.387 e. The van der Waals surface area contributed by atoms with Gasteiger partial charge in [-0.2, -0.15) is 8.78 Å². The van der Waals surface area contributed by atoms with Gasteiger partial charge in [-0.05, 0) is 44.2 Å². The molecule has 2 aromatic heterocycles. The normalized spacial score (nSPS) is 11.0. The maximum atomic E-state index is 12.7. The summed E-state index contributed by atoms with van der Waals surface area (Å²) in [6, 6.07) is 7.87. The van der Waals surface area contributed by atoms with E-state index in [9.17, 15) is 18.4 Å². The topological polar surface area (TPSA) is 88.2 Å². The second-order valence-electron chi connectivity index (χ2n) is 6.21. The summed E-state index contributed by atoms with van der Waals surface area (Å²) in [6.07, 6.45) is 1.34. The predicted molar refractivity (Wildman–Crippen MR) is 97.6 cm³/mol. The van der Waals surface area contributed by atoms with E-state index in [0.29, 0.717) is 16.9 Å². The highest BCUT2D eigenvalue weighted by molar-refractivity contribution is 5.97. The number of halogens is 2. The standard InChI is InChI=1S/C19H18F2N4O4/c1-11-8-15(17(26)10-24-9-16(22-23-24)18(27)28-3)12(2)25(11)13-4-6-14(7-5-13)29-19(20)21/h4-9,19H,10H2,1-3H3. The second kappa shape index (κ2) is 8.21. The summed E-state index contributed by atoms with van der Waals surface area (Å²) in [5, 5.41) is 7.43. The first-order chi connectivity index (χ1) is 13.8. The molecule has 0 saturated heterocycles. The van der Waals surface area contributed by atoms with E-state index in [1.807, 2.05) is 11.5 Å². The number of Topliss-reactive ketones (excluding diaryl/α,β-unsaturated/α-hetero) is 1. The summed E-state index contributed by atoms with van der Waals surface area (Å²) in [5.41, 5.74) is 2.67. The van der Waals surface area contributed by atoms with Crippen molar-refractivity contribution in [1.82, 2.24) is 19.6 Å². The van der Waals surface area contributed by atoms with Gasteiger partial charge in [-0.15, -0.1) is 5.10 Å². The fourth-order valence-electron chi connectivity index (χ4n) is 3.03. The monoisotopic (exact) mass is 404 g/mol. The van der Waals surface area contributed by atoms with E-state index in [1.54, 1.807) is 25.1 Å². The summed E-state index contributed by atoms with van der Waals surface area (Å²) in [5.74, 6) is -0.806. The fraction of sp³-hybridized carbons (Fsp3) is 0.263. The quantitative estimate of drug-likeness (QED) is 0.444. The molecule has 0 bridgehead atoms. The number of esters is 1. The number of carbonyl (C=O) groups excluding carboxylic acids is 2. The van der Waals surface area contributed by atoms with Crippen molar-refractivity contribution in [1.29, 1.82) is 0 Å². The number of methoxy groups -OCH3 is 1. The van der Waals surface area contributed by atoms with Gasteiger partial charge in [-0.3, -0.25) is 4.79 Å². The van der Waals surface area contributed by atoms with Crippen LogP contribution in [0.1, 0.15) is 32.2 Å². The molecule has 0 aliphatic heterocycles. The molecule has 8 nitrogen and oxygen atoms in total. The van der Waals surface area contributed by atoms with E-state index >= 15 is 0 Å².